The highest BCUT2D eigenvalue weighted by atomic mass is 35.5. The summed E-state index contributed by atoms with van der Waals surface area (Å²) in [5, 5.41) is 0.836. The number of hydrogen-bond acceptors (Lipinski definition) is 2. The van der Waals surface area contributed by atoms with Crippen LogP contribution in [0.1, 0.15) is 37.5 Å². The third-order valence-electron chi connectivity index (χ3n) is 4.93. The molecule has 2 nitrogen and oxygen atoms in total. The lowest BCUT2D eigenvalue weighted by molar-refractivity contribution is 0.257. The Morgan fingerprint density at radius 2 is 1.55 bits per heavy atom. The highest BCUT2D eigenvalue weighted by Crippen LogP contribution is 2.36. The predicted octanol–water partition coefficient (Wildman–Crippen LogP) is 7.49. The fourth-order valence-corrected chi connectivity index (χ4v) is 3.93. The first-order valence-electron chi connectivity index (χ1n) is 9.96. The molecule has 29 heavy (non-hydrogen) atoms. The largest absolute Gasteiger partial charge is 0.457 e. The second-order valence-corrected chi connectivity index (χ2v) is 9.10. The van der Waals surface area contributed by atoms with Crippen LogP contribution in [0.15, 0.2) is 72.8 Å². The van der Waals surface area contributed by atoms with Crippen LogP contribution in [0.5, 0.6) is 11.5 Å². The summed E-state index contributed by atoms with van der Waals surface area (Å²) >= 11 is 6.50. The maximum absolute atomic E-state index is 6.50. The molecule has 0 saturated carbocycles. The smallest absolute Gasteiger partial charge is 0.127 e. The van der Waals surface area contributed by atoms with Gasteiger partial charge in [-0.25, -0.2) is 0 Å². The minimum Gasteiger partial charge on any atom is -0.457 e. The van der Waals surface area contributed by atoms with E-state index < -0.39 is 0 Å². The Kier molecular flexibility index (Phi) is 5.38. The summed E-state index contributed by atoms with van der Waals surface area (Å²) in [6.45, 7) is 8.57. The van der Waals surface area contributed by atoms with Crippen LogP contribution in [0.3, 0.4) is 0 Å². The molecule has 0 fully saturated rings. The molecule has 0 N–H and O–H groups in total. The van der Waals surface area contributed by atoms with E-state index in [1.165, 1.54) is 22.4 Å². The minimum absolute atomic E-state index is 0.175. The van der Waals surface area contributed by atoms with Crippen LogP contribution in [-0.4, -0.2) is 11.4 Å². The van der Waals surface area contributed by atoms with Gasteiger partial charge < -0.3 is 9.64 Å². The van der Waals surface area contributed by atoms with E-state index in [9.17, 15) is 0 Å². The van der Waals surface area contributed by atoms with Crippen molar-refractivity contribution in [1.82, 2.24) is 4.90 Å². The molecule has 0 aliphatic carbocycles. The minimum atomic E-state index is 0.175. The quantitative estimate of drug-likeness (QED) is 0.447. The van der Waals surface area contributed by atoms with Crippen molar-refractivity contribution >= 4 is 23.4 Å². The number of fused-ring (bicyclic) bond motifs is 1. The van der Waals surface area contributed by atoms with Crippen molar-refractivity contribution in [3.8, 4) is 11.5 Å². The van der Waals surface area contributed by atoms with Crippen LogP contribution < -0.4 is 4.74 Å². The number of hydrogen-bond donors (Lipinski definition) is 0. The summed E-state index contributed by atoms with van der Waals surface area (Å²) in [5.74, 6) is 1.68. The number of ether oxygens (including phenoxy) is 1. The third kappa shape index (κ3) is 4.65. The summed E-state index contributed by atoms with van der Waals surface area (Å²) in [6.07, 6.45) is 2.25. The lowest BCUT2D eigenvalue weighted by Gasteiger charge is -2.37. The Labute approximate surface area is 178 Å². The van der Waals surface area contributed by atoms with E-state index in [0.29, 0.717) is 0 Å². The molecule has 0 spiro atoms. The summed E-state index contributed by atoms with van der Waals surface area (Å²) in [4.78, 5) is 2.43. The van der Waals surface area contributed by atoms with Crippen molar-refractivity contribution in [3.05, 3.63) is 94.5 Å². The molecule has 3 heteroatoms. The molecule has 4 rings (SSSR count). The summed E-state index contributed by atoms with van der Waals surface area (Å²) in [5.41, 5.74) is 4.98. The second kappa shape index (κ2) is 7.96. The van der Waals surface area contributed by atoms with Gasteiger partial charge in [0.15, 0.2) is 0 Å². The predicted molar refractivity (Wildman–Crippen MR) is 122 cm³/mol. The first-order valence-corrected chi connectivity index (χ1v) is 10.3. The fourth-order valence-electron chi connectivity index (χ4n) is 3.69. The first-order chi connectivity index (χ1) is 13.9. The maximum atomic E-state index is 6.50. The van der Waals surface area contributed by atoms with Crippen LogP contribution in [0.25, 0.3) is 11.8 Å². The molecular weight excluding hydrogens is 378 g/mol. The first kappa shape index (κ1) is 19.6. The third-order valence-corrected chi connectivity index (χ3v) is 5.29. The lowest BCUT2D eigenvalue weighted by Crippen LogP contribution is -2.33. The zero-order valence-corrected chi connectivity index (χ0v) is 17.9. The Bertz CT molecular complexity index is 1020. The summed E-state index contributed by atoms with van der Waals surface area (Å²) in [6, 6.07) is 24.3. The van der Waals surface area contributed by atoms with Gasteiger partial charge in [-0.1, -0.05) is 62.7 Å². The number of halogens is 1. The number of rotatable bonds is 4. The summed E-state index contributed by atoms with van der Waals surface area (Å²) in [7, 11) is 0. The second-order valence-electron chi connectivity index (χ2n) is 8.69. The van der Waals surface area contributed by atoms with Crippen LogP contribution in [0, 0.1) is 5.41 Å². The fraction of sp³-hybridized carbons (Fsp3) is 0.231. The number of para-hydroxylation sites is 1. The topological polar surface area (TPSA) is 12.5 Å². The van der Waals surface area contributed by atoms with E-state index in [-0.39, 0.29) is 5.41 Å². The Hall–Kier alpha value is -2.71. The van der Waals surface area contributed by atoms with Gasteiger partial charge in [0, 0.05) is 23.8 Å². The van der Waals surface area contributed by atoms with Gasteiger partial charge in [0.05, 0.1) is 0 Å². The van der Waals surface area contributed by atoms with Gasteiger partial charge in [0.2, 0.25) is 0 Å². The maximum Gasteiger partial charge on any atom is 0.127 e. The van der Waals surface area contributed by atoms with E-state index in [1.807, 2.05) is 54.6 Å². The van der Waals surface area contributed by atoms with Gasteiger partial charge in [-0.15, -0.1) is 0 Å². The molecule has 0 amide bonds. The van der Waals surface area contributed by atoms with Gasteiger partial charge >= 0.3 is 0 Å². The molecule has 1 heterocycles. The number of benzene rings is 3. The molecule has 3 aromatic carbocycles. The van der Waals surface area contributed by atoms with E-state index in [1.54, 1.807) is 0 Å². The molecule has 0 saturated heterocycles. The Morgan fingerprint density at radius 1 is 0.862 bits per heavy atom. The van der Waals surface area contributed by atoms with Crippen LogP contribution in [-0.2, 0) is 6.54 Å². The zero-order valence-electron chi connectivity index (χ0n) is 17.2. The number of nitrogens with zero attached hydrogens (tertiary/aromatic N) is 1. The average Bonchev–Trinajstić information content (AvgIpc) is 2.69. The van der Waals surface area contributed by atoms with Crippen molar-refractivity contribution in [1.29, 1.82) is 0 Å². The molecule has 0 unspecified atom stereocenters. The van der Waals surface area contributed by atoms with E-state index in [0.717, 1.165) is 29.6 Å². The summed E-state index contributed by atoms with van der Waals surface area (Å²) < 4.78 is 5.95. The SMILES string of the molecule is CC(C)(C)CN1Cc2c(Cl)cccc2C=C1c1ccc(Oc2ccccc2)cc1. The highest BCUT2D eigenvalue weighted by molar-refractivity contribution is 6.31. The van der Waals surface area contributed by atoms with Gasteiger partial charge in [-0.2, -0.15) is 0 Å². The standard InChI is InChI=1S/C26H26ClNO/c1-26(2,3)18-28-17-23-20(8-7-11-24(23)27)16-25(28)19-12-14-22(15-13-19)29-21-9-5-4-6-10-21/h4-16H,17-18H2,1-3H3. The molecule has 0 radical (unpaired) electrons. The van der Waals surface area contributed by atoms with Crippen molar-refractivity contribution in [2.45, 2.75) is 27.3 Å². The average molecular weight is 404 g/mol. The molecule has 0 atom stereocenters. The van der Waals surface area contributed by atoms with Gasteiger partial charge in [-0.05, 0) is 70.6 Å². The normalized spacial score (nSPS) is 13.7. The molecule has 148 valence electrons. The van der Waals surface area contributed by atoms with E-state index >= 15 is 0 Å². The van der Waals surface area contributed by atoms with E-state index in [4.69, 9.17) is 16.3 Å². The van der Waals surface area contributed by atoms with Gasteiger partial charge in [-0.3, -0.25) is 0 Å². The van der Waals surface area contributed by atoms with Crippen molar-refractivity contribution in [2.24, 2.45) is 5.41 Å². The molecule has 0 bridgehead atoms. The van der Waals surface area contributed by atoms with Gasteiger partial charge in [0.1, 0.15) is 11.5 Å². The van der Waals surface area contributed by atoms with Crippen LogP contribution >= 0.6 is 11.6 Å². The molecule has 1 aliphatic rings. The molecule has 0 aromatic heterocycles. The Balaban J connectivity index is 1.66. The van der Waals surface area contributed by atoms with Crippen molar-refractivity contribution in [3.63, 3.8) is 0 Å². The van der Waals surface area contributed by atoms with Crippen molar-refractivity contribution < 1.29 is 4.74 Å². The van der Waals surface area contributed by atoms with E-state index in [2.05, 4.69) is 49.9 Å². The molecular formula is C26H26ClNO. The zero-order chi connectivity index (χ0) is 20.4. The van der Waals surface area contributed by atoms with Crippen LogP contribution in [0.2, 0.25) is 5.02 Å². The molecule has 3 aromatic rings. The van der Waals surface area contributed by atoms with Crippen LogP contribution in [0.4, 0.5) is 0 Å². The monoisotopic (exact) mass is 403 g/mol. The van der Waals surface area contributed by atoms with Gasteiger partial charge in [0.25, 0.3) is 0 Å². The van der Waals surface area contributed by atoms with Crippen molar-refractivity contribution in [2.75, 3.05) is 6.54 Å². The highest BCUT2D eigenvalue weighted by Gasteiger charge is 2.25. The molecule has 1 aliphatic heterocycles. The lowest BCUT2D eigenvalue weighted by atomic mass is 9.92. The Morgan fingerprint density at radius 3 is 2.24 bits per heavy atom.